The molecule has 0 aromatic carbocycles. The number of nitrogens with one attached hydrogen (secondary N) is 1. The van der Waals surface area contributed by atoms with Crippen molar-refractivity contribution in [1.29, 1.82) is 0 Å². The van der Waals surface area contributed by atoms with Crippen molar-refractivity contribution in [2.24, 2.45) is 5.92 Å². The quantitative estimate of drug-likeness (QED) is 0.219. The van der Waals surface area contributed by atoms with E-state index in [4.69, 9.17) is 4.74 Å². The van der Waals surface area contributed by atoms with Crippen LogP contribution in [-0.4, -0.2) is 59.6 Å². The summed E-state index contributed by atoms with van der Waals surface area (Å²) in [7, 11) is 3.85. The summed E-state index contributed by atoms with van der Waals surface area (Å²) < 4.78 is 5.40. The molecule has 1 fully saturated rings. The molecule has 1 amide bonds. The summed E-state index contributed by atoms with van der Waals surface area (Å²) in [6.45, 7) is 12.7. The van der Waals surface area contributed by atoms with E-state index < -0.39 is 0 Å². The largest absolute Gasteiger partial charge is 0.466 e. The monoisotopic (exact) mass is 446 g/mol. The molecule has 0 bridgehead atoms. The highest BCUT2D eigenvalue weighted by atomic mass is 33.1. The number of hydrogen-bond donors (Lipinski definition) is 1. The van der Waals surface area contributed by atoms with Gasteiger partial charge in [0.25, 0.3) is 0 Å². The Balaban J connectivity index is 2.23. The number of nitrogens with zero attached hydrogens (tertiary/aromatic N) is 1. The summed E-state index contributed by atoms with van der Waals surface area (Å²) in [5.41, 5.74) is 0.0921. The molecule has 1 unspecified atom stereocenters. The molecule has 1 atom stereocenters. The molecule has 0 spiro atoms. The first kappa shape index (κ1) is 26.6. The van der Waals surface area contributed by atoms with Gasteiger partial charge in [0, 0.05) is 42.6 Å². The standard InChI is InChI=1S/C22H42N2O3S2/c1-6-10-18(7-2)15-20(25)23-12-9-14-27-21(26)11-13-24(22(4,5)8-3)19-16-28-29-17-19/h18-19H,6-17H2,1-5H3,(H,23,25). The molecule has 1 saturated heterocycles. The fourth-order valence-corrected chi connectivity index (χ4v) is 6.40. The normalized spacial score (nSPS) is 16.2. The summed E-state index contributed by atoms with van der Waals surface area (Å²) in [6.07, 6.45) is 6.02. The van der Waals surface area contributed by atoms with E-state index in [1.165, 1.54) is 0 Å². The van der Waals surface area contributed by atoms with Gasteiger partial charge in [0.05, 0.1) is 13.0 Å². The fourth-order valence-electron chi connectivity index (χ4n) is 3.63. The maximum atomic E-state index is 12.2. The van der Waals surface area contributed by atoms with E-state index in [1.54, 1.807) is 0 Å². The number of ether oxygens (including phenoxy) is 1. The summed E-state index contributed by atoms with van der Waals surface area (Å²) in [6, 6.07) is 0.530. The topological polar surface area (TPSA) is 58.6 Å². The molecule has 0 saturated carbocycles. The lowest BCUT2D eigenvalue weighted by atomic mass is 9.97. The Bertz CT molecular complexity index is 483. The van der Waals surface area contributed by atoms with Gasteiger partial charge in [0.2, 0.25) is 5.91 Å². The van der Waals surface area contributed by atoms with E-state index in [-0.39, 0.29) is 17.4 Å². The fraction of sp³-hybridized carbons (Fsp3) is 0.909. The highest BCUT2D eigenvalue weighted by Crippen LogP contribution is 2.36. The molecule has 0 aliphatic carbocycles. The van der Waals surface area contributed by atoms with Gasteiger partial charge in [0.15, 0.2) is 0 Å². The van der Waals surface area contributed by atoms with E-state index in [0.29, 0.717) is 44.4 Å². The zero-order chi connectivity index (χ0) is 21.7. The second-order valence-electron chi connectivity index (χ2n) is 8.52. The van der Waals surface area contributed by atoms with Gasteiger partial charge >= 0.3 is 5.97 Å². The molecular formula is C22H42N2O3S2. The van der Waals surface area contributed by atoms with Crippen LogP contribution < -0.4 is 5.32 Å². The van der Waals surface area contributed by atoms with Crippen LogP contribution in [0.1, 0.15) is 79.6 Å². The lowest BCUT2D eigenvalue weighted by molar-refractivity contribution is -0.144. The summed E-state index contributed by atoms with van der Waals surface area (Å²) in [5.74, 6) is 2.70. The second kappa shape index (κ2) is 14.6. The molecule has 0 aromatic rings. The number of amides is 1. The van der Waals surface area contributed by atoms with Gasteiger partial charge in [-0.15, -0.1) is 0 Å². The van der Waals surface area contributed by atoms with Crippen LogP contribution in [0.2, 0.25) is 0 Å². The van der Waals surface area contributed by atoms with Crippen LogP contribution in [0.4, 0.5) is 0 Å². The van der Waals surface area contributed by atoms with Gasteiger partial charge in [-0.05, 0) is 32.6 Å². The zero-order valence-corrected chi connectivity index (χ0v) is 20.8. The van der Waals surface area contributed by atoms with Crippen LogP contribution in [-0.2, 0) is 14.3 Å². The van der Waals surface area contributed by atoms with Crippen molar-refractivity contribution in [3.05, 3.63) is 0 Å². The van der Waals surface area contributed by atoms with Crippen molar-refractivity contribution in [3.63, 3.8) is 0 Å². The number of rotatable bonds is 15. The van der Waals surface area contributed by atoms with Gasteiger partial charge < -0.3 is 10.1 Å². The lowest BCUT2D eigenvalue weighted by Gasteiger charge is -2.41. The Labute approximate surface area is 186 Å². The van der Waals surface area contributed by atoms with E-state index in [2.05, 4.69) is 44.8 Å². The van der Waals surface area contributed by atoms with Gasteiger partial charge in [-0.3, -0.25) is 14.5 Å². The Morgan fingerprint density at radius 2 is 1.90 bits per heavy atom. The molecule has 1 heterocycles. The molecule has 1 aliphatic rings. The first-order chi connectivity index (χ1) is 13.8. The summed E-state index contributed by atoms with van der Waals surface area (Å²) in [5, 5.41) is 2.95. The maximum absolute atomic E-state index is 12.2. The Morgan fingerprint density at radius 1 is 1.21 bits per heavy atom. The maximum Gasteiger partial charge on any atom is 0.307 e. The Morgan fingerprint density at radius 3 is 2.48 bits per heavy atom. The Hall–Kier alpha value is -0.400. The average Bonchev–Trinajstić information content (AvgIpc) is 3.21. The highest BCUT2D eigenvalue weighted by molar-refractivity contribution is 8.77. The van der Waals surface area contributed by atoms with Gasteiger partial charge in [0.1, 0.15) is 0 Å². The molecule has 170 valence electrons. The molecule has 29 heavy (non-hydrogen) atoms. The van der Waals surface area contributed by atoms with Crippen molar-refractivity contribution in [1.82, 2.24) is 10.2 Å². The second-order valence-corrected chi connectivity index (χ2v) is 11.1. The Kier molecular flexibility index (Phi) is 13.4. The smallest absolute Gasteiger partial charge is 0.307 e. The number of esters is 1. The van der Waals surface area contributed by atoms with Gasteiger partial charge in [-0.1, -0.05) is 61.6 Å². The van der Waals surface area contributed by atoms with Gasteiger partial charge in [-0.25, -0.2) is 0 Å². The van der Waals surface area contributed by atoms with Crippen molar-refractivity contribution >= 4 is 33.5 Å². The van der Waals surface area contributed by atoms with Crippen LogP contribution in [0.25, 0.3) is 0 Å². The lowest BCUT2D eigenvalue weighted by Crippen LogP contribution is -2.51. The van der Waals surface area contributed by atoms with E-state index in [9.17, 15) is 9.59 Å². The minimum absolute atomic E-state index is 0.0921. The minimum atomic E-state index is -0.138. The van der Waals surface area contributed by atoms with Crippen molar-refractivity contribution in [2.75, 3.05) is 31.2 Å². The van der Waals surface area contributed by atoms with Crippen molar-refractivity contribution < 1.29 is 14.3 Å². The van der Waals surface area contributed by atoms with E-state index in [0.717, 1.165) is 43.7 Å². The first-order valence-corrected chi connectivity index (χ1v) is 13.8. The summed E-state index contributed by atoms with van der Waals surface area (Å²) in [4.78, 5) is 26.7. The van der Waals surface area contributed by atoms with Crippen LogP contribution >= 0.6 is 21.6 Å². The molecular weight excluding hydrogens is 404 g/mol. The predicted octanol–water partition coefficient (Wildman–Crippen LogP) is 4.90. The van der Waals surface area contributed by atoms with Gasteiger partial charge in [-0.2, -0.15) is 0 Å². The van der Waals surface area contributed by atoms with Crippen LogP contribution in [0.3, 0.4) is 0 Å². The zero-order valence-electron chi connectivity index (χ0n) is 19.1. The van der Waals surface area contributed by atoms with Crippen LogP contribution in [0.5, 0.6) is 0 Å². The molecule has 1 rings (SSSR count). The minimum Gasteiger partial charge on any atom is -0.466 e. The first-order valence-electron chi connectivity index (χ1n) is 11.3. The highest BCUT2D eigenvalue weighted by Gasteiger charge is 2.33. The molecule has 1 N–H and O–H groups in total. The third-order valence-electron chi connectivity index (χ3n) is 5.90. The molecule has 5 nitrogen and oxygen atoms in total. The van der Waals surface area contributed by atoms with Crippen LogP contribution in [0.15, 0.2) is 0 Å². The number of carbonyl (C=O) groups is 2. The molecule has 0 aromatic heterocycles. The number of carbonyl (C=O) groups excluding carboxylic acids is 2. The third kappa shape index (κ3) is 10.5. The average molecular weight is 447 g/mol. The van der Waals surface area contributed by atoms with Crippen molar-refractivity contribution in [3.8, 4) is 0 Å². The van der Waals surface area contributed by atoms with E-state index in [1.807, 2.05) is 21.6 Å². The number of hydrogen-bond acceptors (Lipinski definition) is 6. The molecule has 0 radical (unpaired) electrons. The molecule has 7 heteroatoms. The third-order valence-corrected chi connectivity index (χ3v) is 8.42. The van der Waals surface area contributed by atoms with E-state index >= 15 is 0 Å². The SMILES string of the molecule is CCCC(CC)CC(=O)NCCCOC(=O)CCN(C1CSSC1)C(C)(C)CC. The predicted molar refractivity (Wildman–Crippen MR) is 126 cm³/mol. The molecule has 1 aliphatic heterocycles. The summed E-state index contributed by atoms with van der Waals surface area (Å²) >= 11 is 0. The van der Waals surface area contributed by atoms with Crippen molar-refractivity contribution in [2.45, 2.75) is 91.1 Å². The van der Waals surface area contributed by atoms with Crippen LogP contribution in [0, 0.1) is 5.92 Å².